The molecule has 4 rings (SSSR count). The van der Waals surface area contributed by atoms with Crippen LogP contribution in [0.1, 0.15) is 35.6 Å². The third-order valence-electron chi connectivity index (χ3n) is 5.23. The Morgan fingerprint density at radius 2 is 1.68 bits per heavy atom. The maximum absolute atomic E-state index is 12.9. The highest BCUT2D eigenvalue weighted by Gasteiger charge is 2.30. The Labute approximate surface area is 181 Å². The number of benzene rings is 2. The van der Waals surface area contributed by atoms with Gasteiger partial charge in [0.05, 0.1) is 12.7 Å². The van der Waals surface area contributed by atoms with Gasteiger partial charge >= 0.3 is 5.97 Å². The number of hydrogen-bond donors (Lipinski definition) is 0. The average Bonchev–Trinajstić information content (AvgIpc) is 3.49. The summed E-state index contributed by atoms with van der Waals surface area (Å²) in [5.74, 6) is -0.724. The monoisotopic (exact) mass is 415 g/mol. The molecule has 1 aliphatic heterocycles. The Morgan fingerprint density at radius 3 is 2.39 bits per heavy atom. The second-order valence-electron chi connectivity index (χ2n) is 7.55. The standard InChI is InChI=1S/C25H25N3O3/c29-23(14-13-21-17-26-28(19-21)18-20-9-3-1-4-10-20)31-24(22-11-5-2-6-12-22)25(30)27-15-7-8-16-27/h1-6,9-14,17,19,24H,7-8,15-16,18H2/b14-13+/t24-/m0/s1. The van der Waals surface area contributed by atoms with Gasteiger partial charge in [-0.2, -0.15) is 5.10 Å². The van der Waals surface area contributed by atoms with E-state index in [2.05, 4.69) is 5.10 Å². The van der Waals surface area contributed by atoms with E-state index in [1.54, 1.807) is 17.2 Å². The zero-order valence-corrected chi connectivity index (χ0v) is 17.3. The molecule has 0 unspecified atom stereocenters. The van der Waals surface area contributed by atoms with Crippen molar-refractivity contribution in [2.24, 2.45) is 0 Å². The molecule has 0 saturated carbocycles. The molecule has 1 aliphatic rings. The molecular formula is C25H25N3O3. The smallest absolute Gasteiger partial charge is 0.331 e. The number of hydrogen-bond acceptors (Lipinski definition) is 4. The van der Waals surface area contributed by atoms with Crippen LogP contribution < -0.4 is 0 Å². The van der Waals surface area contributed by atoms with Crippen LogP contribution in [0.15, 0.2) is 79.1 Å². The highest BCUT2D eigenvalue weighted by Crippen LogP contribution is 2.23. The number of carbonyl (C=O) groups excluding carboxylic acids is 2. The second kappa shape index (κ2) is 9.89. The van der Waals surface area contributed by atoms with Gasteiger partial charge < -0.3 is 9.64 Å². The van der Waals surface area contributed by atoms with E-state index in [0.717, 1.165) is 24.0 Å². The van der Waals surface area contributed by atoms with Crippen molar-refractivity contribution in [2.75, 3.05) is 13.1 Å². The number of ether oxygens (including phenoxy) is 1. The lowest BCUT2D eigenvalue weighted by molar-refractivity contribution is -0.156. The molecule has 1 amide bonds. The van der Waals surface area contributed by atoms with Crippen molar-refractivity contribution >= 4 is 18.0 Å². The molecule has 2 heterocycles. The normalized spacial score (nSPS) is 14.6. The van der Waals surface area contributed by atoms with E-state index in [-0.39, 0.29) is 5.91 Å². The van der Waals surface area contributed by atoms with Crippen LogP contribution >= 0.6 is 0 Å². The summed E-state index contributed by atoms with van der Waals surface area (Å²) in [6, 6.07) is 19.2. The van der Waals surface area contributed by atoms with E-state index in [1.807, 2.05) is 71.5 Å². The summed E-state index contributed by atoms with van der Waals surface area (Å²) in [6.45, 7) is 2.06. The topological polar surface area (TPSA) is 64.4 Å². The maximum atomic E-state index is 12.9. The lowest BCUT2D eigenvalue weighted by atomic mass is 10.1. The van der Waals surface area contributed by atoms with E-state index in [4.69, 9.17) is 4.74 Å². The Balaban J connectivity index is 1.41. The zero-order chi connectivity index (χ0) is 21.5. The fourth-order valence-corrected chi connectivity index (χ4v) is 3.63. The number of carbonyl (C=O) groups is 2. The summed E-state index contributed by atoms with van der Waals surface area (Å²) in [7, 11) is 0. The minimum atomic E-state index is -0.933. The first-order valence-corrected chi connectivity index (χ1v) is 10.5. The quantitative estimate of drug-likeness (QED) is 0.434. The first-order chi connectivity index (χ1) is 15.2. The van der Waals surface area contributed by atoms with Gasteiger partial charge in [0.25, 0.3) is 5.91 Å². The van der Waals surface area contributed by atoms with Crippen LogP contribution in [0.5, 0.6) is 0 Å². The molecule has 31 heavy (non-hydrogen) atoms. The molecule has 0 radical (unpaired) electrons. The van der Waals surface area contributed by atoms with Crippen molar-refractivity contribution in [3.8, 4) is 0 Å². The number of likely N-dealkylation sites (tertiary alicyclic amines) is 1. The molecule has 0 aliphatic carbocycles. The van der Waals surface area contributed by atoms with Crippen molar-refractivity contribution in [1.29, 1.82) is 0 Å². The van der Waals surface area contributed by atoms with E-state index in [0.29, 0.717) is 25.2 Å². The van der Waals surface area contributed by atoms with Crippen molar-refractivity contribution < 1.29 is 14.3 Å². The molecule has 3 aromatic rings. The summed E-state index contributed by atoms with van der Waals surface area (Å²) >= 11 is 0. The number of aromatic nitrogens is 2. The lowest BCUT2D eigenvalue weighted by Crippen LogP contribution is -2.34. The van der Waals surface area contributed by atoms with Crippen molar-refractivity contribution in [1.82, 2.24) is 14.7 Å². The van der Waals surface area contributed by atoms with Crippen molar-refractivity contribution in [3.63, 3.8) is 0 Å². The predicted octanol–water partition coefficient (Wildman–Crippen LogP) is 3.85. The molecule has 0 bridgehead atoms. The molecule has 6 nitrogen and oxygen atoms in total. The maximum Gasteiger partial charge on any atom is 0.331 e. The molecular weight excluding hydrogens is 390 g/mol. The largest absolute Gasteiger partial charge is 0.444 e. The highest BCUT2D eigenvalue weighted by molar-refractivity contribution is 5.91. The first kappa shape index (κ1) is 20.6. The van der Waals surface area contributed by atoms with Crippen LogP contribution in [-0.4, -0.2) is 39.6 Å². The van der Waals surface area contributed by atoms with Gasteiger partial charge in [-0.3, -0.25) is 9.48 Å². The minimum Gasteiger partial charge on any atom is -0.444 e. The van der Waals surface area contributed by atoms with Crippen LogP contribution in [0, 0.1) is 0 Å². The molecule has 1 atom stereocenters. The molecule has 1 saturated heterocycles. The summed E-state index contributed by atoms with van der Waals surface area (Å²) < 4.78 is 7.40. The zero-order valence-electron chi connectivity index (χ0n) is 17.3. The molecule has 2 aromatic carbocycles. The first-order valence-electron chi connectivity index (χ1n) is 10.5. The SMILES string of the molecule is O=C(/C=C/c1cnn(Cc2ccccc2)c1)O[C@H](C(=O)N1CCCC1)c1ccccc1. The fourth-order valence-electron chi connectivity index (χ4n) is 3.63. The van der Waals surface area contributed by atoms with E-state index < -0.39 is 12.1 Å². The number of nitrogens with zero attached hydrogens (tertiary/aromatic N) is 3. The van der Waals surface area contributed by atoms with Gasteiger partial charge in [0.1, 0.15) is 0 Å². The molecule has 6 heteroatoms. The Morgan fingerprint density at radius 1 is 1.00 bits per heavy atom. The van der Waals surface area contributed by atoms with Gasteiger partial charge in [0, 0.05) is 36.5 Å². The predicted molar refractivity (Wildman–Crippen MR) is 118 cm³/mol. The second-order valence-corrected chi connectivity index (χ2v) is 7.55. The molecule has 1 fully saturated rings. The van der Waals surface area contributed by atoms with E-state index in [9.17, 15) is 9.59 Å². The Kier molecular flexibility index (Phi) is 6.57. The minimum absolute atomic E-state index is 0.166. The van der Waals surface area contributed by atoms with Gasteiger partial charge in [0.2, 0.25) is 6.10 Å². The van der Waals surface area contributed by atoms with Gasteiger partial charge in [-0.15, -0.1) is 0 Å². The van der Waals surface area contributed by atoms with Crippen LogP contribution in [0.4, 0.5) is 0 Å². The van der Waals surface area contributed by atoms with Crippen LogP contribution in [0.25, 0.3) is 6.08 Å². The molecule has 0 N–H and O–H groups in total. The highest BCUT2D eigenvalue weighted by atomic mass is 16.5. The average molecular weight is 415 g/mol. The summed E-state index contributed by atoms with van der Waals surface area (Å²) in [5.41, 5.74) is 2.61. The van der Waals surface area contributed by atoms with Crippen LogP contribution in [-0.2, 0) is 20.9 Å². The number of esters is 1. The van der Waals surface area contributed by atoms with Crippen LogP contribution in [0.2, 0.25) is 0 Å². The summed E-state index contributed by atoms with van der Waals surface area (Å²) in [6.07, 6.45) is 7.58. The summed E-state index contributed by atoms with van der Waals surface area (Å²) in [5, 5.41) is 4.33. The molecule has 158 valence electrons. The van der Waals surface area contributed by atoms with Gasteiger partial charge in [-0.25, -0.2) is 4.79 Å². The van der Waals surface area contributed by atoms with Gasteiger partial charge in [-0.1, -0.05) is 60.7 Å². The van der Waals surface area contributed by atoms with Crippen molar-refractivity contribution in [3.05, 3.63) is 95.8 Å². The third kappa shape index (κ3) is 5.48. The number of amides is 1. The molecule has 1 aromatic heterocycles. The van der Waals surface area contributed by atoms with Crippen LogP contribution in [0.3, 0.4) is 0 Å². The van der Waals surface area contributed by atoms with E-state index in [1.165, 1.54) is 6.08 Å². The van der Waals surface area contributed by atoms with Gasteiger partial charge in [0.15, 0.2) is 0 Å². The molecule has 0 spiro atoms. The fraction of sp³-hybridized carbons (Fsp3) is 0.240. The lowest BCUT2D eigenvalue weighted by Gasteiger charge is -2.23. The Hall–Kier alpha value is -3.67. The number of rotatable bonds is 7. The van der Waals surface area contributed by atoms with E-state index >= 15 is 0 Å². The Bertz CT molecular complexity index is 1040. The summed E-state index contributed by atoms with van der Waals surface area (Å²) in [4.78, 5) is 27.2. The van der Waals surface area contributed by atoms with Crippen molar-refractivity contribution in [2.45, 2.75) is 25.5 Å². The van der Waals surface area contributed by atoms with Gasteiger partial charge in [-0.05, 0) is 24.5 Å². The third-order valence-corrected chi connectivity index (χ3v) is 5.23.